The van der Waals surface area contributed by atoms with Crippen molar-refractivity contribution in [2.24, 2.45) is 0 Å². The largest absolute Gasteiger partial charge is 0.347 e. The average molecular weight is 393 g/mol. The minimum atomic E-state index is -0.260. The van der Waals surface area contributed by atoms with Gasteiger partial charge in [0.15, 0.2) is 0 Å². The summed E-state index contributed by atoms with van der Waals surface area (Å²) in [7, 11) is 0. The second kappa shape index (κ2) is 8.56. The maximum absolute atomic E-state index is 12.2. The summed E-state index contributed by atoms with van der Waals surface area (Å²) in [5.41, 5.74) is 1.69. The lowest BCUT2D eigenvalue weighted by Gasteiger charge is -2.24. The van der Waals surface area contributed by atoms with E-state index in [1.54, 1.807) is 42.5 Å². The summed E-state index contributed by atoms with van der Waals surface area (Å²) >= 11 is 11.8. The second-order valence-corrected chi connectivity index (χ2v) is 7.56. The molecular weight excluding hydrogens is 371 g/mol. The lowest BCUT2D eigenvalue weighted by molar-refractivity contribution is -0.115. The molecule has 0 saturated heterocycles. The first kappa shape index (κ1) is 20.3. The van der Waals surface area contributed by atoms with Crippen LogP contribution in [-0.2, 0) is 11.2 Å². The van der Waals surface area contributed by atoms with E-state index in [0.717, 1.165) is 12.0 Å². The van der Waals surface area contributed by atoms with E-state index in [4.69, 9.17) is 23.2 Å². The van der Waals surface area contributed by atoms with Crippen LogP contribution >= 0.6 is 23.2 Å². The molecule has 0 heterocycles. The molecule has 2 aromatic carbocycles. The average Bonchev–Trinajstić information content (AvgIpc) is 2.58. The minimum absolute atomic E-state index is 0.134. The third kappa shape index (κ3) is 5.75. The number of hydrogen-bond donors (Lipinski definition) is 2. The Balaban J connectivity index is 1.96. The van der Waals surface area contributed by atoms with Crippen LogP contribution in [-0.4, -0.2) is 17.4 Å². The van der Waals surface area contributed by atoms with Gasteiger partial charge >= 0.3 is 0 Å². The van der Waals surface area contributed by atoms with Crippen molar-refractivity contribution in [1.29, 1.82) is 0 Å². The maximum Gasteiger partial charge on any atom is 0.251 e. The summed E-state index contributed by atoms with van der Waals surface area (Å²) in [4.78, 5) is 24.4. The van der Waals surface area contributed by atoms with Gasteiger partial charge in [0.2, 0.25) is 5.91 Å². The molecule has 26 heavy (non-hydrogen) atoms. The molecule has 0 saturated carbocycles. The minimum Gasteiger partial charge on any atom is -0.347 e. The van der Waals surface area contributed by atoms with E-state index >= 15 is 0 Å². The van der Waals surface area contributed by atoms with Gasteiger partial charge in [-0.05, 0) is 62.2 Å². The van der Waals surface area contributed by atoms with Gasteiger partial charge in [0.1, 0.15) is 0 Å². The zero-order valence-electron chi connectivity index (χ0n) is 15.0. The predicted octanol–water partition coefficient (Wildman–Crippen LogP) is 5.09. The SMILES string of the molecule is CCC(C)(C)NC(=O)c1ccc(NC(=O)Cc2ccc(Cl)c(Cl)c2)cc1. The molecule has 2 rings (SSSR count). The van der Waals surface area contributed by atoms with Gasteiger partial charge in [0.05, 0.1) is 16.5 Å². The maximum atomic E-state index is 12.2. The van der Waals surface area contributed by atoms with Crippen molar-refractivity contribution in [1.82, 2.24) is 5.32 Å². The molecule has 138 valence electrons. The summed E-state index contributed by atoms with van der Waals surface area (Å²) in [6.45, 7) is 5.97. The van der Waals surface area contributed by atoms with Gasteiger partial charge in [-0.25, -0.2) is 0 Å². The van der Waals surface area contributed by atoms with Crippen molar-refractivity contribution in [2.45, 2.75) is 39.2 Å². The molecule has 0 aliphatic carbocycles. The fraction of sp³-hybridized carbons (Fsp3) is 0.300. The molecule has 0 atom stereocenters. The van der Waals surface area contributed by atoms with Crippen LogP contribution in [0.2, 0.25) is 10.0 Å². The molecule has 6 heteroatoms. The quantitative estimate of drug-likeness (QED) is 0.718. The summed E-state index contributed by atoms with van der Waals surface area (Å²) in [6, 6.07) is 11.9. The van der Waals surface area contributed by atoms with E-state index in [9.17, 15) is 9.59 Å². The molecule has 0 aromatic heterocycles. The Morgan fingerprint density at radius 1 is 1.00 bits per heavy atom. The van der Waals surface area contributed by atoms with Crippen molar-refractivity contribution >= 4 is 40.7 Å². The Morgan fingerprint density at radius 3 is 2.23 bits per heavy atom. The van der Waals surface area contributed by atoms with E-state index in [2.05, 4.69) is 10.6 Å². The smallest absolute Gasteiger partial charge is 0.251 e. The normalized spacial score (nSPS) is 11.1. The monoisotopic (exact) mass is 392 g/mol. The highest BCUT2D eigenvalue weighted by atomic mass is 35.5. The van der Waals surface area contributed by atoms with E-state index in [1.165, 1.54) is 0 Å². The molecule has 0 radical (unpaired) electrons. The number of benzene rings is 2. The van der Waals surface area contributed by atoms with Gasteiger partial charge in [-0.1, -0.05) is 36.2 Å². The Labute approximate surface area is 163 Å². The fourth-order valence-electron chi connectivity index (χ4n) is 2.21. The van der Waals surface area contributed by atoms with E-state index in [1.807, 2.05) is 20.8 Å². The molecule has 0 bridgehead atoms. The van der Waals surface area contributed by atoms with Gasteiger partial charge in [0, 0.05) is 16.8 Å². The number of rotatable bonds is 6. The molecule has 0 unspecified atom stereocenters. The van der Waals surface area contributed by atoms with Crippen molar-refractivity contribution in [3.8, 4) is 0 Å². The number of hydrogen-bond acceptors (Lipinski definition) is 2. The van der Waals surface area contributed by atoms with E-state index in [-0.39, 0.29) is 23.8 Å². The molecule has 0 aliphatic heterocycles. The van der Waals surface area contributed by atoms with E-state index in [0.29, 0.717) is 21.3 Å². The number of carbonyl (C=O) groups is 2. The van der Waals surface area contributed by atoms with Crippen molar-refractivity contribution in [3.05, 3.63) is 63.6 Å². The highest BCUT2D eigenvalue weighted by Gasteiger charge is 2.18. The van der Waals surface area contributed by atoms with Crippen LogP contribution in [0.3, 0.4) is 0 Å². The Hall–Kier alpha value is -2.04. The standard InChI is InChI=1S/C20H22Cl2N2O2/c1-4-20(2,3)24-19(26)14-6-8-15(9-7-14)23-18(25)12-13-5-10-16(21)17(22)11-13/h5-11H,4,12H2,1-3H3,(H,23,25)(H,24,26). The zero-order valence-corrected chi connectivity index (χ0v) is 16.5. The van der Waals surface area contributed by atoms with Gasteiger partial charge in [-0.15, -0.1) is 0 Å². The third-order valence-electron chi connectivity index (χ3n) is 4.12. The van der Waals surface area contributed by atoms with Crippen LogP contribution in [0.1, 0.15) is 43.1 Å². The van der Waals surface area contributed by atoms with Gasteiger partial charge in [0.25, 0.3) is 5.91 Å². The molecule has 0 aliphatic rings. The first-order chi connectivity index (χ1) is 12.2. The van der Waals surface area contributed by atoms with Crippen molar-refractivity contribution in [3.63, 3.8) is 0 Å². The number of nitrogens with one attached hydrogen (secondary N) is 2. The highest BCUT2D eigenvalue weighted by Crippen LogP contribution is 2.23. The number of carbonyl (C=O) groups excluding carboxylic acids is 2. The Kier molecular flexibility index (Phi) is 6.68. The second-order valence-electron chi connectivity index (χ2n) is 6.74. The number of halogens is 2. The summed E-state index contributed by atoms with van der Waals surface area (Å²) in [6.07, 6.45) is 1.02. The highest BCUT2D eigenvalue weighted by molar-refractivity contribution is 6.42. The zero-order chi connectivity index (χ0) is 19.3. The van der Waals surface area contributed by atoms with Crippen LogP contribution in [0, 0.1) is 0 Å². The van der Waals surface area contributed by atoms with Crippen molar-refractivity contribution in [2.75, 3.05) is 5.32 Å². The summed E-state index contributed by atoms with van der Waals surface area (Å²) in [5.74, 6) is -0.307. The van der Waals surface area contributed by atoms with Crippen LogP contribution in [0.4, 0.5) is 5.69 Å². The fourth-order valence-corrected chi connectivity index (χ4v) is 2.53. The number of anilines is 1. The molecule has 0 fully saturated rings. The Morgan fingerprint density at radius 2 is 1.65 bits per heavy atom. The van der Waals surface area contributed by atoms with E-state index < -0.39 is 0 Å². The third-order valence-corrected chi connectivity index (χ3v) is 4.85. The van der Waals surface area contributed by atoms with Crippen LogP contribution in [0.15, 0.2) is 42.5 Å². The molecular formula is C20H22Cl2N2O2. The summed E-state index contributed by atoms with van der Waals surface area (Å²) < 4.78 is 0. The van der Waals surface area contributed by atoms with Gasteiger partial charge in [-0.2, -0.15) is 0 Å². The molecule has 0 spiro atoms. The first-order valence-electron chi connectivity index (χ1n) is 8.36. The van der Waals surface area contributed by atoms with Gasteiger partial charge in [-0.3, -0.25) is 9.59 Å². The van der Waals surface area contributed by atoms with Crippen LogP contribution in [0.25, 0.3) is 0 Å². The van der Waals surface area contributed by atoms with Crippen LogP contribution < -0.4 is 10.6 Å². The topological polar surface area (TPSA) is 58.2 Å². The van der Waals surface area contributed by atoms with Crippen LogP contribution in [0.5, 0.6) is 0 Å². The van der Waals surface area contributed by atoms with Gasteiger partial charge < -0.3 is 10.6 Å². The predicted molar refractivity (Wildman–Crippen MR) is 107 cm³/mol. The lowest BCUT2D eigenvalue weighted by atomic mass is 10.0. The lowest BCUT2D eigenvalue weighted by Crippen LogP contribution is -2.42. The molecule has 2 N–H and O–H groups in total. The number of amides is 2. The molecule has 4 nitrogen and oxygen atoms in total. The summed E-state index contributed by atoms with van der Waals surface area (Å²) in [5, 5.41) is 6.65. The Bertz CT molecular complexity index is 802. The molecule has 2 amide bonds. The first-order valence-corrected chi connectivity index (χ1v) is 9.12. The molecule has 2 aromatic rings. The van der Waals surface area contributed by atoms with Crippen molar-refractivity contribution < 1.29 is 9.59 Å².